The topological polar surface area (TPSA) is 151 Å². The van der Waals surface area contributed by atoms with Gasteiger partial charge in [0, 0.05) is 35.8 Å². The van der Waals surface area contributed by atoms with Gasteiger partial charge in [0.1, 0.15) is 6.04 Å². The van der Waals surface area contributed by atoms with E-state index in [1.54, 1.807) is 36.4 Å². The number of hydrogen-bond donors (Lipinski definition) is 3. The third kappa shape index (κ3) is 6.12. The average molecular weight is 550 g/mol. The second-order valence-corrected chi connectivity index (χ2v) is 8.91. The first-order valence-electron chi connectivity index (χ1n) is 11.1. The molecule has 0 radical (unpaired) electrons. The van der Waals surface area contributed by atoms with Gasteiger partial charge in [0.15, 0.2) is 6.73 Å². The molecule has 4 rings (SSSR count). The number of benzene rings is 2. The van der Waals surface area contributed by atoms with Gasteiger partial charge in [-0.1, -0.05) is 29.8 Å². The molecule has 37 heavy (non-hydrogen) atoms. The average Bonchev–Trinajstić information content (AvgIpc) is 3.15. The van der Waals surface area contributed by atoms with Crippen LogP contribution in [0.2, 0.25) is 5.02 Å². The molecule has 6 amide bonds. The molecule has 1 saturated heterocycles. The molecule has 2 aromatic carbocycles. The Kier molecular flexibility index (Phi) is 8.61. The lowest BCUT2D eigenvalue weighted by Gasteiger charge is -2.34. The summed E-state index contributed by atoms with van der Waals surface area (Å²) in [7, 11) is 0. The van der Waals surface area contributed by atoms with Crippen LogP contribution in [0, 0.1) is 6.92 Å². The molecule has 4 N–H and O–H groups in total. The minimum atomic E-state index is -1.11. The molecular weight excluding hydrogens is 525 g/mol. The Balaban J connectivity index is 0.00000380. The van der Waals surface area contributed by atoms with Crippen LogP contribution in [0.15, 0.2) is 36.4 Å². The predicted molar refractivity (Wildman–Crippen MR) is 136 cm³/mol. The minimum absolute atomic E-state index is 0. The summed E-state index contributed by atoms with van der Waals surface area (Å²) in [4.78, 5) is 63.4. The van der Waals surface area contributed by atoms with Crippen LogP contribution >= 0.6 is 24.0 Å². The fourth-order valence-electron chi connectivity index (χ4n) is 4.16. The smallest absolute Gasteiger partial charge is 0.406 e. The highest BCUT2D eigenvalue weighted by molar-refractivity contribution is 6.31. The highest BCUT2D eigenvalue weighted by Crippen LogP contribution is 2.30. The van der Waals surface area contributed by atoms with E-state index in [0.717, 1.165) is 16.0 Å². The quantitative estimate of drug-likeness (QED) is 0.471. The minimum Gasteiger partial charge on any atom is -0.428 e. The van der Waals surface area contributed by atoms with Gasteiger partial charge >= 0.3 is 12.1 Å². The lowest BCUT2D eigenvalue weighted by Crippen LogP contribution is -2.55. The Morgan fingerprint density at radius 3 is 2.62 bits per heavy atom. The van der Waals surface area contributed by atoms with Crippen molar-refractivity contribution in [2.45, 2.75) is 38.9 Å². The number of piperidine rings is 1. The molecule has 2 aromatic rings. The zero-order valence-corrected chi connectivity index (χ0v) is 21.4. The highest BCUT2D eigenvalue weighted by Gasteiger charge is 2.43. The number of fused-ring (bicyclic) bond motifs is 1. The van der Waals surface area contributed by atoms with E-state index in [1.165, 1.54) is 4.90 Å². The number of likely N-dealkylation sites (tertiary alicyclic amines) is 1. The van der Waals surface area contributed by atoms with Crippen molar-refractivity contribution in [3.63, 3.8) is 0 Å². The van der Waals surface area contributed by atoms with Crippen LogP contribution in [-0.2, 0) is 27.4 Å². The Labute approximate surface area is 223 Å². The van der Waals surface area contributed by atoms with Gasteiger partial charge in [-0.2, -0.15) is 0 Å². The number of anilines is 1. The molecule has 0 spiro atoms. The number of nitrogens with two attached hydrogens (primary N) is 1. The Morgan fingerprint density at radius 2 is 1.92 bits per heavy atom. The lowest BCUT2D eigenvalue weighted by atomic mass is 10.0. The van der Waals surface area contributed by atoms with Crippen molar-refractivity contribution >= 4 is 59.5 Å². The molecule has 0 saturated carbocycles. The van der Waals surface area contributed by atoms with Crippen LogP contribution in [0.3, 0.4) is 0 Å². The molecular formula is C24H25Cl2N5O6. The normalized spacial score (nSPS) is 16.7. The van der Waals surface area contributed by atoms with E-state index in [1.807, 2.05) is 6.92 Å². The highest BCUT2D eigenvalue weighted by atomic mass is 35.5. The summed E-state index contributed by atoms with van der Waals surface area (Å²) in [6, 6.07) is 9.10. The largest absolute Gasteiger partial charge is 0.428 e. The number of carbonyl (C=O) groups is 5. The first-order valence-corrected chi connectivity index (χ1v) is 11.5. The van der Waals surface area contributed by atoms with Gasteiger partial charge in [0.2, 0.25) is 5.91 Å². The van der Waals surface area contributed by atoms with E-state index in [2.05, 4.69) is 15.4 Å². The second-order valence-electron chi connectivity index (χ2n) is 8.50. The predicted octanol–water partition coefficient (Wildman–Crippen LogP) is 2.92. The fraction of sp³-hybridized carbons (Fsp3) is 0.292. The molecule has 2 heterocycles. The van der Waals surface area contributed by atoms with Gasteiger partial charge in [-0.05, 0) is 48.2 Å². The molecule has 196 valence electrons. The number of nitrogens with one attached hydrogen (secondary N) is 2. The van der Waals surface area contributed by atoms with E-state index < -0.39 is 36.7 Å². The van der Waals surface area contributed by atoms with Crippen LogP contribution in [-0.4, -0.2) is 52.4 Å². The molecule has 0 aromatic heterocycles. The maximum atomic E-state index is 13.0. The van der Waals surface area contributed by atoms with Gasteiger partial charge in [-0.25, -0.2) is 14.5 Å². The first-order chi connectivity index (χ1) is 17.1. The van der Waals surface area contributed by atoms with Gasteiger partial charge in [-0.15, -0.1) is 12.4 Å². The zero-order chi connectivity index (χ0) is 26.0. The maximum Gasteiger partial charge on any atom is 0.406 e. The number of aryl methyl sites for hydroxylation is 1. The van der Waals surface area contributed by atoms with Crippen LogP contribution in [0.25, 0.3) is 0 Å². The molecule has 2 aliphatic rings. The van der Waals surface area contributed by atoms with Crippen LogP contribution in [0.4, 0.5) is 15.3 Å². The van der Waals surface area contributed by atoms with Gasteiger partial charge in [0.25, 0.3) is 11.8 Å². The van der Waals surface area contributed by atoms with Crippen LogP contribution in [0.5, 0.6) is 0 Å². The Bertz CT molecular complexity index is 1270. The number of nitrogens with zero attached hydrogens (tertiary/aromatic N) is 2. The van der Waals surface area contributed by atoms with E-state index in [0.29, 0.717) is 21.8 Å². The number of carbonyl (C=O) groups excluding carboxylic acids is 5. The number of urea groups is 1. The molecule has 1 unspecified atom stereocenters. The standard InChI is InChI=1S/C24H24ClN5O6.ClH/c1-13-2-4-16(9-18(13)25)28-24(35)27-10-14-3-5-17-15(8-14)11-29(21(17)32)19-6-7-20(31)30(22(19)33)12-36-23(26)34;/h2-5,8-9,19H,6-7,10-12H2,1H3,(H2,26,34)(H2,27,28,35);1H. The molecule has 1 atom stereocenters. The summed E-state index contributed by atoms with van der Waals surface area (Å²) in [5.74, 6) is -1.45. The summed E-state index contributed by atoms with van der Waals surface area (Å²) in [5.41, 5.74) is 8.31. The third-order valence-corrected chi connectivity index (χ3v) is 6.49. The molecule has 0 bridgehead atoms. The van der Waals surface area contributed by atoms with Crippen molar-refractivity contribution in [1.29, 1.82) is 0 Å². The summed E-state index contributed by atoms with van der Waals surface area (Å²) in [5, 5.41) is 6.02. The summed E-state index contributed by atoms with van der Waals surface area (Å²) in [6.07, 6.45) is -0.920. The van der Waals surface area contributed by atoms with E-state index in [9.17, 15) is 24.0 Å². The van der Waals surface area contributed by atoms with Crippen molar-refractivity contribution in [3.8, 4) is 0 Å². The van der Waals surface area contributed by atoms with Gasteiger partial charge in [-0.3, -0.25) is 14.4 Å². The number of halogens is 2. The first kappa shape index (κ1) is 27.8. The van der Waals surface area contributed by atoms with Crippen molar-refractivity contribution in [1.82, 2.24) is 15.1 Å². The van der Waals surface area contributed by atoms with Gasteiger partial charge < -0.3 is 26.0 Å². The molecule has 2 aliphatic heterocycles. The Hall–Kier alpha value is -3.83. The van der Waals surface area contributed by atoms with E-state index in [4.69, 9.17) is 17.3 Å². The van der Waals surface area contributed by atoms with Crippen molar-refractivity contribution in [2.24, 2.45) is 5.73 Å². The molecule has 13 heteroatoms. The summed E-state index contributed by atoms with van der Waals surface area (Å²) >= 11 is 6.09. The zero-order valence-electron chi connectivity index (χ0n) is 19.8. The number of ether oxygens (including phenoxy) is 1. The maximum absolute atomic E-state index is 13.0. The molecule has 1 fully saturated rings. The van der Waals surface area contributed by atoms with Crippen LogP contribution < -0.4 is 16.4 Å². The monoisotopic (exact) mass is 549 g/mol. The van der Waals surface area contributed by atoms with Crippen molar-refractivity contribution < 1.29 is 28.7 Å². The van der Waals surface area contributed by atoms with Crippen molar-refractivity contribution in [3.05, 3.63) is 63.7 Å². The lowest BCUT2D eigenvalue weighted by molar-refractivity contribution is -0.156. The summed E-state index contributed by atoms with van der Waals surface area (Å²) < 4.78 is 4.61. The second kappa shape index (κ2) is 11.5. The van der Waals surface area contributed by atoms with E-state index in [-0.39, 0.29) is 44.2 Å². The van der Waals surface area contributed by atoms with Crippen LogP contribution in [0.1, 0.15) is 39.9 Å². The molecule has 0 aliphatic carbocycles. The Morgan fingerprint density at radius 1 is 1.16 bits per heavy atom. The number of imide groups is 1. The third-order valence-electron chi connectivity index (χ3n) is 6.08. The van der Waals surface area contributed by atoms with Gasteiger partial charge in [0.05, 0.1) is 0 Å². The number of amides is 6. The van der Waals surface area contributed by atoms with Crippen molar-refractivity contribution in [2.75, 3.05) is 12.0 Å². The summed E-state index contributed by atoms with van der Waals surface area (Å²) in [6.45, 7) is 1.66. The fourth-order valence-corrected chi connectivity index (χ4v) is 4.34. The van der Waals surface area contributed by atoms with E-state index >= 15 is 0 Å². The number of hydrogen-bond acceptors (Lipinski definition) is 6. The SMILES string of the molecule is Cc1ccc(NC(=O)NCc2ccc3c(c2)CN(C2CCC(=O)N(COC(N)=O)C2=O)C3=O)cc1Cl.Cl. The number of rotatable bonds is 6. The number of primary amides is 1. The molecule has 11 nitrogen and oxygen atoms in total.